The zero-order valence-corrected chi connectivity index (χ0v) is 16.0. The second kappa shape index (κ2) is 6.62. The molecule has 1 spiro atoms. The molecule has 2 aliphatic rings. The summed E-state index contributed by atoms with van der Waals surface area (Å²) in [4.78, 5) is 17.6. The Morgan fingerprint density at radius 1 is 1.28 bits per heavy atom. The average molecular weight is 346 g/mol. The van der Waals surface area contributed by atoms with Crippen LogP contribution >= 0.6 is 0 Å². The quantitative estimate of drug-likeness (QED) is 0.795. The van der Waals surface area contributed by atoms with Crippen LogP contribution in [0.25, 0.3) is 0 Å². The van der Waals surface area contributed by atoms with Crippen LogP contribution in [0.2, 0.25) is 0 Å². The van der Waals surface area contributed by atoms with E-state index in [1.165, 1.54) is 6.07 Å². The van der Waals surface area contributed by atoms with Crippen molar-refractivity contribution >= 4 is 11.6 Å². The van der Waals surface area contributed by atoms with Gasteiger partial charge in [-0.3, -0.25) is 4.79 Å². The van der Waals surface area contributed by atoms with Gasteiger partial charge in [0, 0.05) is 30.2 Å². The number of carbonyl (C=O) groups excluding carboxylic acids is 1. The molecule has 0 N–H and O–H groups in total. The molecule has 2 heterocycles. The first kappa shape index (κ1) is 18.2. The Hall–Kier alpha value is -1.58. The van der Waals surface area contributed by atoms with Crippen molar-refractivity contribution < 1.29 is 9.18 Å². The van der Waals surface area contributed by atoms with Gasteiger partial charge in [0.25, 0.3) is 0 Å². The van der Waals surface area contributed by atoms with Gasteiger partial charge in [0.15, 0.2) is 0 Å². The number of halogens is 1. The number of nitrogens with zero attached hydrogens (tertiary/aromatic N) is 2. The lowest BCUT2D eigenvalue weighted by atomic mass is 9.87. The maximum Gasteiger partial charge on any atom is 0.226 e. The van der Waals surface area contributed by atoms with Crippen molar-refractivity contribution in [2.45, 2.75) is 70.9 Å². The molecule has 1 amide bonds. The normalized spacial score (nSPS) is 25.4. The van der Waals surface area contributed by atoms with E-state index >= 15 is 0 Å². The molecule has 0 aromatic heterocycles. The first-order valence-corrected chi connectivity index (χ1v) is 9.67. The van der Waals surface area contributed by atoms with Gasteiger partial charge < -0.3 is 9.80 Å². The standard InChI is InChI=1S/C21H31FN2O/c1-5-16(6-2)19(25)23-12-8-11-21(23)14-20(3,4)24(15-21)18-10-7-9-17(22)13-18/h7,9-10,13,16H,5-6,8,11-12,14-15H2,1-4H3. The minimum Gasteiger partial charge on any atom is -0.364 e. The summed E-state index contributed by atoms with van der Waals surface area (Å²) in [5.74, 6) is 0.242. The van der Waals surface area contributed by atoms with E-state index in [-0.39, 0.29) is 22.8 Å². The fraction of sp³-hybridized carbons (Fsp3) is 0.667. The van der Waals surface area contributed by atoms with Gasteiger partial charge >= 0.3 is 0 Å². The number of hydrogen-bond acceptors (Lipinski definition) is 2. The van der Waals surface area contributed by atoms with E-state index < -0.39 is 0 Å². The van der Waals surface area contributed by atoms with Gasteiger partial charge in [0.1, 0.15) is 5.82 Å². The fourth-order valence-corrected chi connectivity index (χ4v) is 5.04. The van der Waals surface area contributed by atoms with Crippen molar-refractivity contribution in [2.24, 2.45) is 5.92 Å². The molecule has 1 atom stereocenters. The predicted octanol–water partition coefficient (Wildman–Crippen LogP) is 4.61. The fourth-order valence-electron chi connectivity index (χ4n) is 5.04. The molecule has 1 aromatic rings. The van der Waals surface area contributed by atoms with Crippen molar-refractivity contribution in [2.75, 3.05) is 18.0 Å². The minimum atomic E-state index is -0.203. The van der Waals surface area contributed by atoms with E-state index in [1.807, 2.05) is 6.07 Å². The maximum atomic E-state index is 13.8. The van der Waals surface area contributed by atoms with Gasteiger partial charge in [-0.15, -0.1) is 0 Å². The Kier molecular flexibility index (Phi) is 4.82. The maximum absolute atomic E-state index is 13.8. The molecule has 25 heavy (non-hydrogen) atoms. The highest BCUT2D eigenvalue weighted by molar-refractivity contribution is 5.80. The van der Waals surface area contributed by atoms with Gasteiger partial charge in [0.05, 0.1) is 5.54 Å². The van der Waals surface area contributed by atoms with Crippen molar-refractivity contribution in [3.63, 3.8) is 0 Å². The van der Waals surface area contributed by atoms with E-state index in [4.69, 9.17) is 0 Å². The largest absolute Gasteiger partial charge is 0.364 e. The number of likely N-dealkylation sites (tertiary alicyclic amines) is 1. The molecule has 0 saturated carbocycles. The highest BCUT2D eigenvalue weighted by Gasteiger charge is 2.55. The Morgan fingerprint density at radius 3 is 2.64 bits per heavy atom. The summed E-state index contributed by atoms with van der Waals surface area (Å²) in [6, 6.07) is 6.85. The zero-order valence-electron chi connectivity index (χ0n) is 16.0. The van der Waals surface area contributed by atoms with Gasteiger partial charge in [-0.05, 0) is 64.2 Å². The number of anilines is 1. The van der Waals surface area contributed by atoms with Crippen LogP contribution in [0.3, 0.4) is 0 Å². The van der Waals surface area contributed by atoms with Crippen LogP contribution in [0, 0.1) is 11.7 Å². The molecule has 138 valence electrons. The lowest BCUT2D eigenvalue weighted by Crippen LogP contribution is -2.51. The molecule has 0 bridgehead atoms. The molecule has 2 fully saturated rings. The third kappa shape index (κ3) is 3.16. The number of benzene rings is 1. The smallest absolute Gasteiger partial charge is 0.226 e. The minimum absolute atomic E-state index is 0.0927. The summed E-state index contributed by atoms with van der Waals surface area (Å²) >= 11 is 0. The van der Waals surface area contributed by atoms with Crippen LogP contribution < -0.4 is 4.90 Å². The Bertz CT molecular complexity index is 641. The molecule has 3 nitrogen and oxygen atoms in total. The SMILES string of the molecule is CCC(CC)C(=O)N1CCCC12CN(c1cccc(F)c1)C(C)(C)C2. The third-order valence-electron chi connectivity index (χ3n) is 6.26. The number of amides is 1. The van der Waals surface area contributed by atoms with Crippen LogP contribution in [-0.2, 0) is 4.79 Å². The monoisotopic (exact) mass is 346 g/mol. The highest BCUT2D eigenvalue weighted by Crippen LogP contribution is 2.47. The van der Waals surface area contributed by atoms with E-state index in [2.05, 4.69) is 37.5 Å². The number of carbonyl (C=O) groups is 1. The summed E-state index contributed by atoms with van der Waals surface area (Å²) in [5, 5.41) is 0. The molecular weight excluding hydrogens is 315 g/mol. The summed E-state index contributed by atoms with van der Waals surface area (Å²) in [7, 11) is 0. The Morgan fingerprint density at radius 2 is 2.00 bits per heavy atom. The molecule has 2 saturated heterocycles. The van der Waals surface area contributed by atoms with Crippen molar-refractivity contribution in [1.82, 2.24) is 4.90 Å². The van der Waals surface area contributed by atoms with Gasteiger partial charge in [-0.25, -0.2) is 4.39 Å². The molecule has 2 aliphatic heterocycles. The predicted molar refractivity (Wildman–Crippen MR) is 100 cm³/mol. The first-order chi connectivity index (χ1) is 11.8. The van der Waals surface area contributed by atoms with Crippen molar-refractivity contribution in [3.05, 3.63) is 30.1 Å². The summed E-state index contributed by atoms with van der Waals surface area (Å²) < 4.78 is 13.8. The first-order valence-electron chi connectivity index (χ1n) is 9.67. The zero-order chi connectivity index (χ0) is 18.2. The van der Waals surface area contributed by atoms with Crippen LogP contribution in [0.1, 0.15) is 59.8 Å². The second-order valence-corrected chi connectivity index (χ2v) is 8.39. The van der Waals surface area contributed by atoms with Crippen molar-refractivity contribution in [1.29, 1.82) is 0 Å². The number of rotatable bonds is 4. The third-order valence-corrected chi connectivity index (χ3v) is 6.26. The van der Waals surface area contributed by atoms with Crippen LogP contribution in [0.15, 0.2) is 24.3 Å². The van der Waals surface area contributed by atoms with E-state index in [0.29, 0.717) is 5.91 Å². The molecule has 1 unspecified atom stereocenters. The lowest BCUT2D eigenvalue weighted by molar-refractivity contribution is -0.139. The summed E-state index contributed by atoms with van der Waals surface area (Å²) in [6.07, 6.45) is 4.87. The Balaban J connectivity index is 1.91. The lowest BCUT2D eigenvalue weighted by Gasteiger charge is -2.37. The van der Waals surface area contributed by atoms with Crippen LogP contribution in [0.5, 0.6) is 0 Å². The van der Waals surface area contributed by atoms with Crippen LogP contribution in [0.4, 0.5) is 10.1 Å². The molecular formula is C21H31FN2O. The topological polar surface area (TPSA) is 23.6 Å². The molecule has 0 radical (unpaired) electrons. The van der Waals surface area contributed by atoms with Crippen molar-refractivity contribution in [3.8, 4) is 0 Å². The summed E-state index contributed by atoms with van der Waals surface area (Å²) in [6.45, 7) is 10.3. The molecule has 0 aliphatic carbocycles. The van der Waals surface area contributed by atoms with E-state index in [9.17, 15) is 9.18 Å². The van der Waals surface area contributed by atoms with E-state index in [1.54, 1.807) is 12.1 Å². The second-order valence-electron chi connectivity index (χ2n) is 8.39. The Labute approximate surface area is 151 Å². The molecule has 1 aromatic carbocycles. The highest BCUT2D eigenvalue weighted by atomic mass is 19.1. The number of hydrogen-bond donors (Lipinski definition) is 0. The average Bonchev–Trinajstić information content (AvgIpc) is 3.08. The molecule has 3 rings (SSSR count). The summed E-state index contributed by atoms with van der Waals surface area (Å²) in [5.41, 5.74) is 0.726. The van der Waals surface area contributed by atoms with E-state index in [0.717, 1.165) is 50.9 Å². The van der Waals surface area contributed by atoms with Gasteiger partial charge in [-0.2, -0.15) is 0 Å². The van der Waals surface area contributed by atoms with Gasteiger partial charge in [0.2, 0.25) is 5.91 Å². The van der Waals surface area contributed by atoms with Gasteiger partial charge in [-0.1, -0.05) is 19.9 Å². The van der Waals surface area contributed by atoms with Crippen LogP contribution in [-0.4, -0.2) is 35.0 Å². The molecule has 4 heteroatoms.